The Morgan fingerprint density at radius 2 is 1.52 bits per heavy atom. The van der Waals surface area contributed by atoms with Crippen LogP contribution in [0.5, 0.6) is 0 Å². The molecule has 1 atom stereocenters. The first-order valence-corrected chi connectivity index (χ1v) is 10.3. The SMILES string of the molecule is CC(C)c1ccc(C(NC(=O)CCn2c(=O)n(C)c3ccccc32)C(C)C)cc1. The average molecular weight is 394 g/mol. The molecule has 3 aromatic rings. The lowest BCUT2D eigenvalue weighted by Gasteiger charge is -2.23. The molecular formula is C24H31N3O2. The fourth-order valence-electron chi connectivity index (χ4n) is 3.76. The molecule has 154 valence electrons. The second-order valence-electron chi connectivity index (χ2n) is 8.34. The molecule has 1 unspecified atom stereocenters. The molecule has 0 radical (unpaired) electrons. The van der Waals surface area contributed by atoms with Crippen molar-refractivity contribution in [2.75, 3.05) is 0 Å². The Balaban J connectivity index is 1.72. The number of nitrogens with zero attached hydrogens (tertiary/aromatic N) is 2. The molecule has 1 N–H and O–H groups in total. The molecule has 0 bridgehead atoms. The minimum atomic E-state index is -0.0938. The first kappa shape index (κ1) is 20.9. The molecule has 1 aromatic heterocycles. The normalized spacial score (nSPS) is 12.7. The van der Waals surface area contributed by atoms with Crippen LogP contribution < -0.4 is 11.0 Å². The zero-order valence-corrected chi connectivity index (χ0v) is 18.0. The van der Waals surface area contributed by atoms with Crippen LogP contribution in [0.2, 0.25) is 0 Å². The van der Waals surface area contributed by atoms with E-state index >= 15 is 0 Å². The van der Waals surface area contributed by atoms with E-state index in [1.54, 1.807) is 16.2 Å². The number of imidazole rings is 1. The van der Waals surface area contributed by atoms with Gasteiger partial charge in [-0.05, 0) is 35.1 Å². The van der Waals surface area contributed by atoms with Crippen molar-refractivity contribution in [2.45, 2.75) is 52.6 Å². The van der Waals surface area contributed by atoms with E-state index in [4.69, 9.17) is 0 Å². The smallest absolute Gasteiger partial charge is 0.328 e. The highest BCUT2D eigenvalue weighted by atomic mass is 16.2. The van der Waals surface area contributed by atoms with Crippen molar-refractivity contribution in [2.24, 2.45) is 13.0 Å². The molecule has 0 saturated carbocycles. The number of rotatable bonds is 7. The van der Waals surface area contributed by atoms with Crippen molar-refractivity contribution in [3.63, 3.8) is 0 Å². The summed E-state index contributed by atoms with van der Waals surface area (Å²) < 4.78 is 3.30. The predicted molar refractivity (Wildman–Crippen MR) is 118 cm³/mol. The molecule has 0 aliphatic rings. The van der Waals surface area contributed by atoms with Gasteiger partial charge in [-0.25, -0.2) is 4.79 Å². The summed E-state index contributed by atoms with van der Waals surface area (Å²) in [6.45, 7) is 8.92. The molecule has 0 aliphatic carbocycles. The molecule has 2 aromatic carbocycles. The lowest BCUT2D eigenvalue weighted by atomic mass is 9.93. The van der Waals surface area contributed by atoms with Crippen LogP contribution in [-0.4, -0.2) is 15.0 Å². The molecule has 5 nitrogen and oxygen atoms in total. The van der Waals surface area contributed by atoms with Gasteiger partial charge in [0.1, 0.15) is 0 Å². The number of hydrogen-bond donors (Lipinski definition) is 1. The lowest BCUT2D eigenvalue weighted by Crippen LogP contribution is -2.33. The van der Waals surface area contributed by atoms with Gasteiger partial charge in [-0.2, -0.15) is 0 Å². The molecule has 0 aliphatic heterocycles. The average Bonchev–Trinajstić information content (AvgIpc) is 2.95. The number of hydrogen-bond acceptors (Lipinski definition) is 2. The minimum absolute atomic E-state index is 0.0449. The zero-order chi connectivity index (χ0) is 21.1. The largest absolute Gasteiger partial charge is 0.349 e. The molecule has 1 amide bonds. The number of aryl methyl sites for hydroxylation is 2. The molecule has 5 heteroatoms. The number of nitrogens with one attached hydrogen (secondary N) is 1. The second kappa shape index (κ2) is 8.68. The monoisotopic (exact) mass is 393 g/mol. The van der Waals surface area contributed by atoms with Gasteiger partial charge in [0.15, 0.2) is 0 Å². The van der Waals surface area contributed by atoms with Crippen molar-refractivity contribution >= 4 is 16.9 Å². The van der Waals surface area contributed by atoms with Crippen LogP contribution in [0.3, 0.4) is 0 Å². The molecule has 1 heterocycles. The minimum Gasteiger partial charge on any atom is -0.349 e. The van der Waals surface area contributed by atoms with Gasteiger partial charge in [0.05, 0.1) is 17.1 Å². The van der Waals surface area contributed by atoms with Crippen molar-refractivity contribution in [3.05, 3.63) is 70.1 Å². The number of fused-ring (bicyclic) bond motifs is 1. The van der Waals surface area contributed by atoms with E-state index in [1.807, 2.05) is 24.3 Å². The highest BCUT2D eigenvalue weighted by Gasteiger charge is 2.19. The third-order valence-corrected chi connectivity index (χ3v) is 5.56. The number of para-hydroxylation sites is 2. The van der Waals surface area contributed by atoms with Crippen LogP contribution in [0.1, 0.15) is 57.2 Å². The van der Waals surface area contributed by atoms with Crippen molar-refractivity contribution in [3.8, 4) is 0 Å². The van der Waals surface area contributed by atoms with E-state index < -0.39 is 0 Å². The van der Waals surface area contributed by atoms with E-state index in [-0.39, 0.29) is 30.0 Å². The standard InChI is InChI=1S/C24H31N3O2/c1-16(2)18-10-12-19(13-11-18)23(17(3)4)25-22(28)14-15-27-21-9-7-6-8-20(21)26(5)24(27)29/h6-13,16-17,23H,14-15H2,1-5H3,(H,25,28). The van der Waals surface area contributed by atoms with Crippen molar-refractivity contribution in [1.82, 2.24) is 14.5 Å². The first-order valence-electron chi connectivity index (χ1n) is 10.3. The number of benzene rings is 2. The first-order chi connectivity index (χ1) is 13.8. The van der Waals surface area contributed by atoms with E-state index in [9.17, 15) is 9.59 Å². The summed E-state index contributed by atoms with van der Waals surface area (Å²) in [6.07, 6.45) is 0.265. The summed E-state index contributed by atoms with van der Waals surface area (Å²) in [5, 5.41) is 3.16. The van der Waals surface area contributed by atoms with Gasteiger partial charge in [0.25, 0.3) is 0 Å². The Kier molecular flexibility index (Phi) is 6.26. The molecule has 0 spiro atoms. The molecule has 29 heavy (non-hydrogen) atoms. The molecule has 3 rings (SSSR count). The number of carbonyl (C=O) groups excluding carboxylic acids is 1. The molecular weight excluding hydrogens is 362 g/mol. The second-order valence-corrected chi connectivity index (χ2v) is 8.34. The topological polar surface area (TPSA) is 56.0 Å². The summed E-state index contributed by atoms with van der Waals surface area (Å²) in [5.41, 5.74) is 4.04. The van der Waals surface area contributed by atoms with E-state index in [1.165, 1.54) is 5.56 Å². The maximum atomic E-state index is 12.7. The van der Waals surface area contributed by atoms with Crippen molar-refractivity contribution < 1.29 is 4.79 Å². The Bertz CT molecular complexity index is 1040. The van der Waals surface area contributed by atoms with Gasteiger partial charge in [-0.1, -0.05) is 64.1 Å². The summed E-state index contributed by atoms with van der Waals surface area (Å²) in [6, 6.07) is 16.1. The van der Waals surface area contributed by atoms with E-state index in [0.29, 0.717) is 12.5 Å². The highest BCUT2D eigenvalue weighted by molar-refractivity contribution is 5.78. The van der Waals surface area contributed by atoms with Gasteiger partial charge in [0, 0.05) is 20.0 Å². The fourth-order valence-corrected chi connectivity index (χ4v) is 3.76. The van der Waals surface area contributed by atoms with Crippen LogP contribution in [0, 0.1) is 5.92 Å². The maximum absolute atomic E-state index is 12.7. The Morgan fingerprint density at radius 1 is 0.931 bits per heavy atom. The molecule has 0 saturated heterocycles. The summed E-state index contributed by atoms with van der Waals surface area (Å²) in [4.78, 5) is 25.2. The predicted octanol–water partition coefficient (Wildman–Crippen LogP) is 4.37. The van der Waals surface area contributed by atoms with Gasteiger partial charge in [-0.15, -0.1) is 0 Å². The van der Waals surface area contributed by atoms with Gasteiger partial charge in [-0.3, -0.25) is 13.9 Å². The molecule has 0 fully saturated rings. The Hall–Kier alpha value is -2.82. The summed E-state index contributed by atoms with van der Waals surface area (Å²) in [5.74, 6) is 0.704. The van der Waals surface area contributed by atoms with E-state index in [2.05, 4.69) is 57.3 Å². The third-order valence-electron chi connectivity index (χ3n) is 5.56. The number of aromatic nitrogens is 2. The van der Waals surface area contributed by atoms with Crippen LogP contribution in [0.4, 0.5) is 0 Å². The van der Waals surface area contributed by atoms with Crippen LogP contribution in [0.25, 0.3) is 11.0 Å². The number of amides is 1. The Labute approximate surface area is 172 Å². The van der Waals surface area contributed by atoms with Crippen LogP contribution in [-0.2, 0) is 18.4 Å². The van der Waals surface area contributed by atoms with E-state index in [0.717, 1.165) is 16.6 Å². The number of carbonyl (C=O) groups is 1. The Morgan fingerprint density at radius 3 is 2.10 bits per heavy atom. The quantitative estimate of drug-likeness (QED) is 0.648. The summed E-state index contributed by atoms with van der Waals surface area (Å²) >= 11 is 0. The highest BCUT2D eigenvalue weighted by Crippen LogP contribution is 2.24. The van der Waals surface area contributed by atoms with Crippen LogP contribution >= 0.6 is 0 Å². The third kappa shape index (κ3) is 4.44. The van der Waals surface area contributed by atoms with Crippen LogP contribution in [0.15, 0.2) is 53.3 Å². The summed E-state index contributed by atoms with van der Waals surface area (Å²) in [7, 11) is 1.76. The van der Waals surface area contributed by atoms with Gasteiger partial charge in [0.2, 0.25) is 5.91 Å². The lowest BCUT2D eigenvalue weighted by molar-refractivity contribution is -0.122. The zero-order valence-electron chi connectivity index (χ0n) is 18.0. The maximum Gasteiger partial charge on any atom is 0.328 e. The van der Waals surface area contributed by atoms with Gasteiger partial charge >= 0.3 is 5.69 Å². The van der Waals surface area contributed by atoms with Crippen molar-refractivity contribution in [1.29, 1.82) is 0 Å². The van der Waals surface area contributed by atoms with Gasteiger partial charge < -0.3 is 5.32 Å². The fraction of sp³-hybridized carbons (Fsp3) is 0.417.